The molecule has 0 atom stereocenters. The molecule has 4 nitrogen and oxygen atoms in total. The molecule has 0 saturated heterocycles. The maximum Gasteiger partial charge on any atom is 0.252 e. The van der Waals surface area contributed by atoms with Gasteiger partial charge in [-0.05, 0) is 211 Å². The largest absolute Gasteiger partial charge is 0.310 e. The van der Waals surface area contributed by atoms with Gasteiger partial charge in [0.15, 0.2) is 0 Å². The van der Waals surface area contributed by atoms with E-state index < -0.39 is 5.41 Å². The zero-order valence-electron chi connectivity index (χ0n) is 70.8. The van der Waals surface area contributed by atoms with Crippen LogP contribution in [0.4, 0.5) is 34.1 Å². The van der Waals surface area contributed by atoms with E-state index in [9.17, 15) is 0 Å². The summed E-state index contributed by atoms with van der Waals surface area (Å²) in [4.78, 5) is 5.52. The van der Waals surface area contributed by atoms with Gasteiger partial charge in [0.25, 0.3) is 6.71 Å². The van der Waals surface area contributed by atoms with Crippen molar-refractivity contribution in [1.82, 2.24) is 9.13 Å². The predicted molar refractivity (Wildman–Crippen MR) is 528 cm³/mol. The van der Waals surface area contributed by atoms with E-state index in [0.717, 1.165) is 123 Å². The van der Waals surface area contributed by atoms with E-state index >= 15 is 0 Å². The number of aromatic nitrogens is 2. The van der Waals surface area contributed by atoms with Crippen molar-refractivity contribution in [2.24, 2.45) is 0 Å². The van der Waals surface area contributed by atoms with Crippen molar-refractivity contribution in [3.8, 4) is 78.1 Å². The summed E-state index contributed by atoms with van der Waals surface area (Å²) in [5.41, 5.74) is 33.9. The lowest BCUT2D eigenvalue weighted by atomic mass is 9.33. The second-order valence-corrected chi connectivity index (χ2v) is 37.1. The van der Waals surface area contributed by atoms with Gasteiger partial charge in [-0.2, -0.15) is 0 Å². The quantitative estimate of drug-likeness (QED) is 0.100. The molecule has 0 aliphatic carbocycles. The van der Waals surface area contributed by atoms with Gasteiger partial charge in [0.1, 0.15) is 0 Å². The van der Waals surface area contributed by atoms with E-state index in [1.54, 1.807) is 0 Å². The first-order valence-electron chi connectivity index (χ1n) is 43.5. The van der Waals surface area contributed by atoms with Gasteiger partial charge in [0, 0.05) is 88.7 Å². The Morgan fingerprint density at radius 2 is 0.496 bits per heavy atom. The highest BCUT2D eigenvalue weighted by atomic mass is 15.2. The molecule has 0 spiro atoms. The molecule has 123 heavy (non-hydrogen) atoms. The third kappa shape index (κ3) is 11.7. The Bertz CT molecular complexity index is 7320. The average molecular weight is 1580 g/mol. The monoisotopic (exact) mass is 1570 g/mol. The smallest absolute Gasteiger partial charge is 0.252 e. The van der Waals surface area contributed by atoms with E-state index in [0.29, 0.717) is 0 Å². The third-order valence-corrected chi connectivity index (χ3v) is 26.6. The fraction of sp³-hybridized carbons (Fsp3) is 0.102. The number of anilines is 6. The fourth-order valence-corrected chi connectivity index (χ4v) is 20.7. The van der Waals surface area contributed by atoms with Gasteiger partial charge in [0.2, 0.25) is 0 Å². The second kappa shape index (κ2) is 28.0. The normalized spacial score (nSPS) is 12.9. The van der Waals surface area contributed by atoms with Crippen LogP contribution in [-0.2, 0) is 16.2 Å². The lowest BCUT2D eigenvalue weighted by Crippen LogP contribution is -2.61. The summed E-state index contributed by atoms with van der Waals surface area (Å²) in [6.07, 6.45) is 0. The second-order valence-electron chi connectivity index (χ2n) is 37.1. The van der Waals surface area contributed by atoms with Crippen LogP contribution in [0.5, 0.6) is 0 Å². The Labute approximate surface area is 719 Å². The summed E-state index contributed by atoms with van der Waals surface area (Å²) in [7, 11) is 0. The minimum atomic E-state index is -0.399. The Kier molecular flexibility index (Phi) is 16.8. The van der Waals surface area contributed by atoms with Crippen LogP contribution in [0.3, 0.4) is 0 Å². The van der Waals surface area contributed by atoms with Crippen LogP contribution in [0.2, 0.25) is 0 Å². The van der Waals surface area contributed by atoms with Crippen molar-refractivity contribution in [2.75, 3.05) is 9.80 Å². The van der Waals surface area contributed by atoms with E-state index in [-0.39, 0.29) is 17.5 Å². The highest BCUT2D eigenvalue weighted by molar-refractivity contribution is 7.00. The van der Waals surface area contributed by atoms with Gasteiger partial charge >= 0.3 is 0 Å². The molecule has 0 radical (unpaired) electrons. The Morgan fingerprint density at radius 1 is 0.211 bits per heavy atom. The molecule has 0 saturated carbocycles. The molecule has 586 valence electrons. The first kappa shape index (κ1) is 73.6. The Morgan fingerprint density at radius 3 is 0.813 bits per heavy atom. The molecule has 0 bridgehead atoms. The van der Waals surface area contributed by atoms with Crippen LogP contribution in [0.1, 0.15) is 79.0 Å². The van der Waals surface area contributed by atoms with Crippen molar-refractivity contribution in [2.45, 2.75) is 78.6 Å². The molecule has 0 amide bonds. The average Bonchev–Trinajstić information content (AvgIpc) is 1.01. The number of benzene rings is 19. The molecule has 2 aliphatic rings. The summed E-state index contributed by atoms with van der Waals surface area (Å²) < 4.78 is 5.26. The zero-order chi connectivity index (χ0) is 82.9. The highest BCUT2D eigenvalue weighted by Gasteiger charge is 2.47. The van der Waals surface area contributed by atoms with Crippen molar-refractivity contribution < 1.29 is 0 Å². The minimum Gasteiger partial charge on any atom is -0.310 e. The first-order chi connectivity index (χ1) is 60.0. The number of hydrogen-bond acceptors (Lipinski definition) is 2. The molecular weight excluding hydrogens is 1480 g/mol. The molecule has 21 aromatic rings. The lowest BCUT2D eigenvalue weighted by Gasteiger charge is -2.46. The number of hydrogen-bond donors (Lipinski definition) is 0. The minimum absolute atomic E-state index is 0.115. The van der Waals surface area contributed by atoms with Crippen LogP contribution >= 0.6 is 0 Å². The van der Waals surface area contributed by atoms with Crippen molar-refractivity contribution >= 4 is 144 Å². The summed E-state index contributed by atoms with van der Waals surface area (Å²) >= 11 is 0. The Hall–Kier alpha value is -14.5. The molecule has 4 heterocycles. The molecule has 0 unspecified atom stereocenters. The summed E-state index contributed by atoms with van der Waals surface area (Å²) in [6, 6.07) is 149. The van der Waals surface area contributed by atoms with Gasteiger partial charge in [-0.15, -0.1) is 0 Å². The molecular formula is C118H91BN4. The van der Waals surface area contributed by atoms with Crippen LogP contribution < -0.4 is 26.2 Å². The number of nitrogens with zero attached hydrogens (tertiary/aromatic N) is 4. The summed E-state index contributed by atoms with van der Waals surface area (Å²) in [6.45, 7) is 21.0. The van der Waals surface area contributed by atoms with E-state index in [2.05, 4.69) is 469 Å². The van der Waals surface area contributed by atoms with Crippen LogP contribution in [0, 0.1) is 0 Å². The van der Waals surface area contributed by atoms with Gasteiger partial charge < -0.3 is 18.9 Å². The molecule has 2 aromatic heterocycles. The molecule has 0 fully saturated rings. The number of rotatable bonds is 10. The maximum absolute atomic E-state index is 2.76. The van der Waals surface area contributed by atoms with Crippen molar-refractivity contribution in [1.29, 1.82) is 0 Å². The summed E-state index contributed by atoms with van der Waals surface area (Å²) in [5.74, 6) is 0. The van der Waals surface area contributed by atoms with Crippen molar-refractivity contribution in [3.63, 3.8) is 0 Å². The van der Waals surface area contributed by atoms with Gasteiger partial charge in [0.05, 0.1) is 33.4 Å². The van der Waals surface area contributed by atoms with Crippen LogP contribution in [0.15, 0.2) is 388 Å². The number of fused-ring (bicyclic) bond motifs is 20. The lowest BCUT2D eigenvalue weighted by molar-refractivity contribution is 0.590. The van der Waals surface area contributed by atoms with E-state index in [1.807, 2.05) is 0 Å². The molecule has 19 aromatic carbocycles. The van der Waals surface area contributed by atoms with E-state index in [4.69, 9.17) is 0 Å². The molecule has 2 aliphatic heterocycles. The van der Waals surface area contributed by atoms with Gasteiger partial charge in [-0.1, -0.05) is 366 Å². The predicted octanol–water partition coefficient (Wildman–Crippen LogP) is 30.5. The van der Waals surface area contributed by atoms with Gasteiger partial charge in [-0.3, -0.25) is 0 Å². The molecule has 0 N–H and O–H groups in total. The van der Waals surface area contributed by atoms with Crippen molar-refractivity contribution in [3.05, 3.63) is 405 Å². The molecule has 5 heteroatoms. The fourth-order valence-electron chi connectivity index (χ4n) is 20.7. The van der Waals surface area contributed by atoms with Crippen LogP contribution in [0.25, 0.3) is 165 Å². The van der Waals surface area contributed by atoms with E-state index in [1.165, 1.54) is 109 Å². The SMILES string of the molecule is CC(C)(C)c1cc2c3c(c1)N(c1c(-c4ccccc4)cc(-c4ccccc4)cc1-c1ccccc1)c1cc(-n4c5ccc(C(C)(C)C)cc5c5c6ccccc6c6ccccc6c54)ccc1B3c1ccc(-n3c4ccc(C(C)(C)C)cc4c4c5ccccc5c5ccccc5c43)cc1N2c1c(-c2ccccc2)cc(-c2ccccc2)cc1-c1ccccc1. The zero-order valence-corrected chi connectivity index (χ0v) is 70.8. The maximum atomic E-state index is 2.76. The summed E-state index contributed by atoms with van der Waals surface area (Å²) in [5, 5.41) is 14.9. The van der Waals surface area contributed by atoms with Gasteiger partial charge in [-0.25, -0.2) is 0 Å². The topological polar surface area (TPSA) is 16.3 Å². The third-order valence-electron chi connectivity index (χ3n) is 26.6. The van der Waals surface area contributed by atoms with Crippen LogP contribution in [-0.4, -0.2) is 15.8 Å². The Balaban J connectivity index is 0.913. The highest BCUT2D eigenvalue weighted by Crippen LogP contribution is 2.57. The first-order valence-corrected chi connectivity index (χ1v) is 43.5. The standard InChI is InChI=1S/C118H91BN4/c1-116(2,3)82-56-62-103-99(68-82)109-91-52-32-28-48-87(91)89-50-30-34-54-93(89)114(109)120(103)85-58-60-101-105(72-85)122(112-95(76-40-20-12-21-41-76)64-80(74-36-16-10-17-37-74)65-96(112)77-42-22-13-23-43-77)107-70-84(118(7,8)9)71-108-111(107)119(101)102-61-59-86(121-104-63-57-83(117(4,5)6)69-100(104)110-92-53-33-29-49-88(92)90-51-31-35-55-94(90)115(110)121)73-106(102)123(108)113-97(78-44-24-14-25-45-78)66-81(75-38-18-11-19-39-75)67-98(113)79-46-26-15-27-47-79/h10-73H,1-9H3. The molecule has 23 rings (SSSR count).